The highest BCUT2D eigenvalue weighted by atomic mass is 32.2. The molecule has 0 aliphatic rings. The summed E-state index contributed by atoms with van der Waals surface area (Å²) < 4.78 is 11.9. The quantitative estimate of drug-likeness (QED) is 0.448. The number of aromatic nitrogens is 1. The highest BCUT2D eigenvalue weighted by Gasteiger charge is 2.24. The van der Waals surface area contributed by atoms with Crippen molar-refractivity contribution in [2.45, 2.75) is 11.8 Å². The molecule has 6 nitrogen and oxygen atoms in total. The second-order valence-corrected chi connectivity index (χ2v) is 9.18. The predicted molar refractivity (Wildman–Crippen MR) is 126 cm³/mol. The molecule has 1 aromatic heterocycles. The van der Waals surface area contributed by atoms with Gasteiger partial charge in [0.25, 0.3) is 5.91 Å². The molecule has 0 atom stereocenters. The molecule has 1 heterocycles. The van der Waals surface area contributed by atoms with Gasteiger partial charge in [0.2, 0.25) is 0 Å². The zero-order valence-corrected chi connectivity index (χ0v) is 19.6. The van der Waals surface area contributed by atoms with Crippen molar-refractivity contribution in [1.82, 2.24) is 9.88 Å². The number of ether oxygens (including phenoxy) is 2. The van der Waals surface area contributed by atoms with E-state index >= 15 is 0 Å². The van der Waals surface area contributed by atoms with Crippen molar-refractivity contribution in [1.29, 1.82) is 0 Å². The van der Waals surface area contributed by atoms with Crippen molar-refractivity contribution in [3.8, 4) is 11.5 Å². The Morgan fingerprint density at radius 3 is 2.50 bits per heavy atom. The van der Waals surface area contributed by atoms with Crippen LogP contribution in [0.1, 0.15) is 17.3 Å². The summed E-state index contributed by atoms with van der Waals surface area (Å²) >= 11 is 3.16. The maximum Gasteiger partial charge on any atom is 0.260 e. The van der Waals surface area contributed by atoms with E-state index in [1.807, 2.05) is 50.5 Å². The molecular weight excluding hydrogens is 418 g/mol. The molecule has 0 aliphatic heterocycles. The average molecular weight is 446 g/mol. The number of hydrogen-bond acceptors (Lipinski definition) is 7. The topological polar surface area (TPSA) is 54.9 Å². The average Bonchev–Trinajstić information content (AvgIpc) is 3.18. The Kier molecular flexibility index (Phi) is 7.58. The summed E-state index contributed by atoms with van der Waals surface area (Å²) in [5.41, 5.74) is 1.36. The summed E-state index contributed by atoms with van der Waals surface area (Å²) in [6.07, 6.45) is 0. The van der Waals surface area contributed by atoms with Gasteiger partial charge in [0.1, 0.15) is 21.7 Å². The minimum atomic E-state index is -0.0626. The lowest BCUT2D eigenvalue weighted by molar-refractivity contribution is 0.0985. The Balaban J connectivity index is 2.05. The predicted octanol–water partition coefficient (Wildman–Crippen LogP) is 4.63. The van der Waals surface area contributed by atoms with Gasteiger partial charge in [-0.2, -0.15) is 0 Å². The summed E-state index contributed by atoms with van der Waals surface area (Å²) in [4.78, 5) is 23.2. The molecule has 0 N–H and O–H groups in total. The molecule has 1 amide bonds. The number of methoxy groups -OCH3 is 2. The number of carbonyl (C=O) groups excluding carboxylic acids is 1. The lowest BCUT2D eigenvalue weighted by Crippen LogP contribution is -2.36. The normalized spacial score (nSPS) is 11.1. The summed E-state index contributed by atoms with van der Waals surface area (Å²) in [7, 11) is 7.23. The van der Waals surface area contributed by atoms with E-state index in [4.69, 9.17) is 14.5 Å². The first kappa shape index (κ1) is 22.4. The van der Waals surface area contributed by atoms with E-state index in [-0.39, 0.29) is 5.91 Å². The molecule has 0 saturated carbocycles. The van der Waals surface area contributed by atoms with Crippen molar-refractivity contribution in [3.05, 3.63) is 42.0 Å². The number of thiazole rings is 1. The molecule has 2 aromatic carbocycles. The third-order valence-corrected chi connectivity index (χ3v) is 6.51. The fourth-order valence-corrected chi connectivity index (χ4v) is 4.83. The molecular formula is C22H27N3O3S2. The Bertz CT molecular complexity index is 979. The zero-order valence-electron chi connectivity index (χ0n) is 18.0. The molecule has 0 spiro atoms. The number of thioether (sulfide) groups is 1. The van der Waals surface area contributed by atoms with Crippen LogP contribution in [0.5, 0.6) is 11.5 Å². The van der Waals surface area contributed by atoms with Gasteiger partial charge in [-0.15, -0.1) is 11.8 Å². The van der Waals surface area contributed by atoms with Crippen molar-refractivity contribution in [2.24, 2.45) is 0 Å². The highest BCUT2D eigenvalue weighted by molar-refractivity contribution is 7.99. The number of rotatable bonds is 9. The summed E-state index contributed by atoms with van der Waals surface area (Å²) in [5.74, 6) is 2.28. The van der Waals surface area contributed by atoms with E-state index in [0.717, 1.165) is 27.6 Å². The van der Waals surface area contributed by atoms with Gasteiger partial charge in [-0.25, -0.2) is 4.98 Å². The smallest absolute Gasteiger partial charge is 0.260 e. The van der Waals surface area contributed by atoms with Gasteiger partial charge in [-0.3, -0.25) is 9.69 Å². The van der Waals surface area contributed by atoms with Gasteiger partial charge in [0, 0.05) is 23.5 Å². The van der Waals surface area contributed by atoms with Crippen LogP contribution >= 0.6 is 23.1 Å². The molecule has 8 heteroatoms. The molecule has 30 heavy (non-hydrogen) atoms. The van der Waals surface area contributed by atoms with E-state index in [1.54, 1.807) is 30.9 Å². The number of fused-ring (bicyclic) bond motifs is 1. The number of benzene rings is 2. The Morgan fingerprint density at radius 1 is 1.10 bits per heavy atom. The Labute approximate surface area is 185 Å². The van der Waals surface area contributed by atoms with Gasteiger partial charge in [0.05, 0.1) is 14.2 Å². The third-order valence-electron chi connectivity index (χ3n) is 4.54. The van der Waals surface area contributed by atoms with Gasteiger partial charge in [-0.05, 0) is 50.2 Å². The van der Waals surface area contributed by atoms with Gasteiger partial charge in [-0.1, -0.05) is 24.3 Å². The van der Waals surface area contributed by atoms with E-state index < -0.39 is 0 Å². The number of hydrogen-bond donors (Lipinski definition) is 0. The number of amides is 1. The number of anilines is 1. The molecule has 3 rings (SSSR count). The van der Waals surface area contributed by atoms with Crippen LogP contribution < -0.4 is 14.4 Å². The first-order chi connectivity index (χ1) is 14.5. The van der Waals surface area contributed by atoms with E-state index in [1.165, 1.54) is 11.3 Å². The van der Waals surface area contributed by atoms with Crippen LogP contribution in [0.3, 0.4) is 0 Å². The first-order valence-electron chi connectivity index (χ1n) is 9.69. The van der Waals surface area contributed by atoms with Crippen molar-refractivity contribution in [2.75, 3.05) is 52.1 Å². The lowest BCUT2D eigenvalue weighted by atomic mass is 10.2. The van der Waals surface area contributed by atoms with Crippen LogP contribution in [0.15, 0.2) is 41.3 Å². The monoisotopic (exact) mass is 445 g/mol. The summed E-state index contributed by atoms with van der Waals surface area (Å²) in [6.45, 7) is 3.35. The number of nitrogens with zero attached hydrogens (tertiary/aromatic N) is 3. The molecule has 0 radical (unpaired) electrons. The van der Waals surface area contributed by atoms with E-state index in [2.05, 4.69) is 11.8 Å². The molecule has 0 unspecified atom stereocenters. The maximum atomic E-state index is 13.5. The summed E-state index contributed by atoms with van der Waals surface area (Å²) in [6, 6.07) is 11.5. The highest BCUT2D eigenvalue weighted by Crippen LogP contribution is 2.40. The Hall–Kier alpha value is -2.29. The van der Waals surface area contributed by atoms with Crippen LogP contribution in [0.4, 0.5) is 5.13 Å². The largest absolute Gasteiger partial charge is 0.495 e. The number of carbonyl (C=O) groups is 1. The van der Waals surface area contributed by atoms with Crippen LogP contribution in [-0.2, 0) is 0 Å². The lowest BCUT2D eigenvalue weighted by Gasteiger charge is -2.22. The van der Waals surface area contributed by atoms with Crippen molar-refractivity contribution < 1.29 is 14.3 Å². The number of likely N-dealkylation sites (N-methyl/N-ethyl adjacent to an activating group) is 1. The van der Waals surface area contributed by atoms with Crippen molar-refractivity contribution in [3.63, 3.8) is 0 Å². The fourth-order valence-electron chi connectivity index (χ4n) is 3.02. The summed E-state index contributed by atoms with van der Waals surface area (Å²) in [5, 5.41) is 0.633. The second kappa shape index (κ2) is 10.1. The third kappa shape index (κ3) is 4.88. The minimum Gasteiger partial charge on any atom is -0.495 e. The van der Waals surface area contributed by atoms with Gasteiger partial charge in [0.15, 0.2) is 5.13 Å². The molecule has 3 aromatic rings. The second-order valence-electron chi connectivity index (χ2n) is 6.87. The van der Waals surface area contributed by atoms with Crippen LogP contribution in [0.25, 0.3) is 10.2 Å². The molecule has 0 fully saturated rings. The van der Waals surface area contributed by atoms with Crippen LogP contribution in [0, 0.1) is 0 Å². The maximum absolute atomic E-state index is 13.5. The molecule has 0 bridgehead atoms. The van der Waals surface area contributed by atoms with Crippen molar-refractivity contribution >= 4 is 44.4 Å². The van der Waals surface area contributed by atoms with Crippen LogP contribution in [0.2, 0.25) is 0 Å². The van der Waals surface area contributed by atoms with E-state index in [9.17, 15) is 4.79 Å². The van der Waals surface area contributed by atoms with Crippen LogP contribution in [-0.4, -0.2) is 62.9 Å². The zero-order chi connectivity index (χ0) is 21.7. The van der Waals surface area contributed by atoms with E-state index in [0.29, 0.717) is 28.5 Å². The first-order valence-corrected chi connectivity index (χ1v) is 11.5. The standard InChI is InChI=1S/C22H27N3O3S2/c1-6-29-16-9-7-8-15(14-16)21(26)25(13-12-24(2)3)22-23-19-17(27-4)10-11-18(28-5)20(19)30-22/h7-11,14H,6,12-13H2,1-5H3. The van der Waals surface area contributed by atoms with Gasteiger partial charge < -0.3 is 14.4 Å². The SMILES string of the molecule is CCSc1cccc(C(=O)N(CCN(C)C)c2nc3c(OC)ccc(OC)c3s2)c1. The molecule has 160 valence electrons. The van der Waals surface area contributed by atoms with Gasteiger partial charge >= 0.3 is 0 Å². The minimum absolute atomic E-state index is 0.0626. The molecule has 0 saturated heterocycles. The fraction of sp³-hybridized carbons (Fsp3) is 0.364. The molecule has 0 aliphatic carbocycles. The Morgan fingerprint density at radius 2 is 1.83 bits per heavy atom.